The lowest BCUT2D eigenvalue weighted by atomic mass is 9.69. The van der Waals surface area contributed by atoms with Crippen molar-refractivity contribution >= 4 is 23.6 Å². The van der Waals surface area contributed by atoms with Crippen molar-refractivity contribution in [3.63, 3.8) is 0 Å². The van der Waals surface area contributed by atoms with Crippen LogP contribution in [0.25, 0.3) is 6.08 Å². The second kappa shape index (κ2) is 12.2. The number of halogens is 7. The number of benzene rings is 2. The smallest absolute Gasteiger partial charge is 0.416 e. The van der Waals surface area contributed by atoms with Crippen molar-refractivity contribution in [2.75, 3.05) is 25.2 Å². The van der Waals surface area contributed by atoms with Crippen LogP contribution in [0.5, 0.6) is 5.75 Å². The summed E-state index contributed by atoms with van der Waals surface area (Å²) in [4.78, 5) is 27.7. The van der Waals surface area contributed by atoms with Crippen LogP contribution in [0.2, 0.25) is 0 Å². The second-order valence-corrected chi connectivity index (χ2v) is 11.4. The number of imide groups is 1. The van der Waals surface area contributed by atoms with Gasteiger partial charge in [0.1, 0.15) is 0 Å². The number of hydrogen-bond acceptors (Lipinski definition) is 5. The normalized spacial score (nSPS) is 24.0. The van der Waals surface area contributed by atoms with E-state index in [0.29, 0.717) is 47.4 Å². The summed E-state index contributed by atoms with van der Waals surface area (Å²) >= 11 is 0. The molecule has 0 aromatic heterocycles. The van der Waals surface area contributed by atoms with Gasteiger partial charge in [-0.15, -0.1) is 0 Å². The van der Waals surface area contributed by atoms with Gasteiger partial charge in [0.15, 0.2) is 11.6 Å². The Bertz CT molecular complexity index is 1530. The summed E-state index contributed by atoms with van der Waals surface area (Å²) in [6, 6.07) is 4.77. The van der Waals surface area contributed by atoms with Gasteiger partial charge in [0.25, 0.3) is 0 Å². The number of phenols is 1. The van der Waals surface area contributed by atoms with E-state index < -0.39 is 76.4 Å². The molecule has 13 heteroatoms. The maximum Gasteiger partial charge on any atom is 0.416 e. The number of carbonyl (C=O) groups is 2. The number of amides is 2. The third-order valence-electron chi connectivity index (χ3n) is 8.68. The first-order chi connectivity index (χ1) is 21.1. The fraction of sp³-hybridized carbons (Fsp3) is 0.438. The van der Waals surface area contributed by atoms with E-state index in [-0.39, 0.29) is 25.7 Å². The highest BCUT2D eigenvalue weighted by molar-refractivity contribution is 6.22. The summed E-state index contributed by atoms with van der Waals surface area (Å²) < 4.78 is 107. The third kappa shape index (κ3) is 6.37. The zero-order chi connectivity index (χ0) is 32.8. The van der Waals surface area contributed by atoms with Crippen LogP contribution in [0.3, 0.4) is 0 Å². The van der Waals surface area contributed by atoms with Gasteiger partial charge in [0.2, 0.25) is 11.8 Å². The number of aromatic hydroxyl groups is 1. The molecule has 0 unspecified atom stereocenters. The molecule has 2 amide bonds. The molecule has 0 spiro atoms. The first kappa shape index (κ1) is 32.7. The quantitative estimate of drug-likeness (QED) is 0.186. The van der Waals surface area contributed by atoms with Crippen molar-refractivity contribution in [2.45, 2.75) is 51.1 Å². The van der Waals surface area contributed by atoms with Gasteiger partial charge in [0, 0.05) is 13.0 Å². The molecule has 2 heterocycles. The Morgan fingerprint density at radius 1 is 1.02 bits per heavy atom. The van der Waals surface area contributed by atoms with E-state index in [0.717, 1.165) is 11.1 Å². The van der Waals surface area contributed by atoms with Gasteiger partial charge in [0.05, 0.1) is 48.0 Å². The molecule has 2 aromatic carbocycles. The zero-order valence-corrected chi connectivity index (χ0v) is 24.3. The predicted molar refractivity (Wildman–Crippen MR) is 148 cm³/mol. The molecule has 45 heavy (non-hydrogen) atoms. The molecule has 6 nitrogen and oxygen atoms in total. The van der Waals surface area contributed by atoms with Crippen molar-refractivity contribution < 1.29 is 54.9 Å². The molecule has 5 rings (SSSR count). The fourth-order valence-electron chi connectivity index (χ4n) is 6.62. The highest BCUT2D eigenvalue weighted by Crippen LogP contribution is 2.51. The van der Waals surface area contributed by atoms with Crippen molar-refractivity contribution in [1.82, 2.24) is 0 Å². The van der Waals surface area contributed by atoms with Crippen LogP contribution in [0.1, 0.15) is 49.3 Å². The number of allylic oxidation sites excluding steroid dienone is 1. The highest BCUT2D eigenvalue weighted by atomic mass is 19.4. The van der Waals surface area contributed by atoms with E-state index in [2.05, 4.69) is 0 Å². The molecule has 4 atom stereocenters. The van der Waals surface area contributed by atoms with E-state index in [1.165, 1.54) is 19.2 Å². The molecule has 2 aromatic rings. The molecule has 1 N–H and O–H groups in total. The minimum atomic E-state index is -5.15. The number of rotatable bonds is 8. The molecule has 2 saturated heterocycles. The molecule has 2 aliphatic heterocycles. The number of nitrogens with zero attached hydrogens (tertiary/aromatic N) is 1. The minimum absolute atomic E-state index is 0.0337. The van der Waals surface area contributed by atoms with E-state index in [1.807, 2.05) is 6.92 Å². The number of ether oxygens (including phenoxy) is 2. The molecule has 242 valence electrons. The van der Waals surface area contributed by atoms with Crippen molar-refractivity contribution in [2.24, 2.45) is 17.8 Å². The standard InChI is InChI=1S/C32H30F7NO5/c1-3-16(8-17-4-6-25(41)24(33)9-17)5-7-26-27-18(14-44-2)10-22-28(23(27)15-45-26)30(43)40(29(22)42)21-12-19(31(34,35)36)11-20(13-21)32(37,38)39/h4,6,8-9,11-13,22-23,26,28,41H,3,5,7,10,14-15H2,1-2H3/b16-8+/t22-,23+,26-,28-/m1/s1. The van der Waals surface area contributed by atoms with Gasteiger partial charge in [-0.3, -0.25) is 9.59 Å². The molecular weight excluding hydrogens is 611 g/mol. The lowest BCUT2D eigenvalue weighted by molar-refractivity contribution is -0.143. The summed E-state index contributed by atoms with van der Waals surface area (Å²) in [6.07, 6.45) is -7.31. The number of fused-ring (bicyclic) bond motifs is 3. The average molecular weight is 642 g/mol. The summed E-state index contributed by atoms with van der Waals surface area (Å²) in [5.74, 6) is -5.60. The maximum atomic E-state index is 13.8. The molecule has 0 saturated carbocycles. The largest absolute Gasteiger partial charge is 0.505 e. The lowest BCUT2D eigenvalue weighted by Gasteiger charge is -2.31. The Labute approximate surface area is 254 Å². The van der Waals surface area contributed by atoms with E-state index in [9.17, 15) is 45.4 Å². The zero-order valence-electron chi connectivity index (χ0n) is 24.3. The third-order valence-corrected chi connectivity index (χ3v) is 8.68. The number of alkyl halides is 6. The maximum absolute atomic E-state index is 13.8. The topological polar surface area (TPSA) is 76.1 Å². The Morgan fingerprint density at radius 3 is 2.27 bits per heavy atom. The van der Waals surface area contributed by atoms with Gasteiger partial charge in [-0.25, -0.2) is 9.29 Å². The number of carbonyl (C=O) groups excluding carboxylic acids is 2. The number of phenolic OH excluding ortho intramolecular Hbond substituents is 1. The van der Waals surface area contributed by atoms with E-state index >= 15 is 0 Å². The molecule has 3 aliphatic rings. The predicted octanol–water partition coefficient (Wildman–Crippen LogP) is 7.31. The SMILES string of the molecule is CC/C(=C\c1ccc(O)c(F)c1)CC[C@H]1OC[C@H]2C1=C(COC)C[C@H]1C(=O)N(c3cc(C(F)(F)F)cc(C(F)(F)F)c3)C(=O)[C@H]12. The molecule has 2 fully saturated rings. The van der Waals surface area contributed by atoms with E-state index in [4.69, 9.17) is 9.47 Å². The Kier molecular flexibility index (Phi) is 8.89. The highest BCUT2D eigenvalue weighted by Gasteiger charge is 2.57. The van der Waals surface area contributed by atoms with Crippen LogP contribution >= 0.6 is 0 Å². The van der Waals surface area contributed by atoms with Crippen LogP contribution < -0.4 is 4.90 Å². The van der Waals surface area contributed by atoms with Crippen LogP contribution in [-0.2, 0) is 31.4 Å². The summed E-state index contributed by atoms with van der Waals surface area (Å²) in [6.45, 7) is 2.06. The van der Waals surface area contributed by atoms with Gasteiger partial charge < -0.3 is 14.6 Å². The van der Waals surface area contributed by atoms with Crippen LogP contribution in [0.4, 0.5) is 36.4 Å². The first-order valence-electron chi connectivity index (χ1n) is 14.3. The number of methoxy groups -OCH3 is 1. The summed E-state index contributed by atoms with van der Waals surface area (Å²) in [5, 5.41) is 9.46. The average Bonchev–Trinajstić information content (AvgIpc) is 3.50. The first-order valence-corrected chi connectivity index (χ1v) is 14.3. The monoisotopic (exact) mass is 641 g/mol. The van der Waals surface area contributed by atoms with Crippen LogP contribution in [0.15, 0.2) is 53.1 Å². The van der Waals surface area contributed by atoms with Gasteiger partial charge in [-0.2, -0.15) is 26.3 Å². The summed E-state index contributed by atoms with van der Waals surface area (Å²) in [7, 11) is 1.45. The second-order valence-electron chi connectivity index (χ2n) is 11.4. The minimum Gasteiger partial charge on any atom is -0.505 e. The number of hydrogen-bond donors (Lipinski definition) is 1. The Balaban J connectivity index is 1.43. The number of anilines is 1. The van der Waals surface area contributed by atoms with Gasteiger partial charge >= 0.3 is 12.4 Å². The summed E-state index contributed by atoms with van der Waals surface area (Å²) in [5.41, 5.74) is -1.05. The van der Waals surface area contributed by atoms with Crippen molar-refractivity contribution in [3.8, 4) is 5.75 Å². The van der Waals surface area contributed by atoms with Gasteiger partial charge in [-0.05, 0) is 72.7 Å². The van der Waals surface area contributed by atoms with Crippen LogP contribution in [-0.4, -0.2) is 43.3 Å². The fourth-order valence-corrected chi connectivity index (χ4v) is 6.62. The Hall–Kier alpha value is -3.71. The van der Waals surface area contributed by atoms with Crippen molar-refractivity contribution in [1.29, 1.82) is 0 Å². The van der Waals surface area contributed by atoms with Crippen molar-refractivity contribution in [3.05, 3.63) is 75.6 Å². The van der Waals surface area contributed by atoms with Gasteiger partial charge in [-0.1, -0.05) is 24.6 Å². The Morgan fingerprint density at radius 2 is 1.69 bits per heavy atom. The molecule has 0 bridgehead atoms. The molecule has 0 radical (unpaired) electrons. The van der Waals surface area contributed by atoms with Crippen LogP contribution in [0, 0.1) is 23.6 Å². The molecular formula is C32H30F7NO5. The molecule has 1 aliphatic carbocycles. The lowest BCUT2D eigenvalue weighted by Crippen LogP contribution is -2.35. The van der Waals surface area contributed by atoms with E-state index in [1.54, 1.807) is 12.1 Å².